The Balaban J connectivity index is 1.42. The van der Waals surface area contributed by atoms with Gasteiger partial charge in [0.15, 0.2) is 5.13 Å². The highest BCUT2D eigenvalue weighted by atomic mass is 32.1. The molecule has 0 saturated carbocycles. The lowest BCUT2D eigenvalue weighted by Gasteiger charge is -2.31. The van der Waals surface area contributed by atoms with Crippen molar-refractivity contribution in [3.8, 4) is 0 Å². The zero-order chi connectivity index (χ0) is 19.7. The largest absolute Gasteiger partial charge is 0.352 e. The molecule has 4 rings (SSSR count). The zero-order valence-electron chi connectivity index (χ0n) is 14.9. The first-order chi connectivity index (χ1) is 13.5. The van der Waals surface area contributed by atoms with Crippen molar-refractivity contribution < 1.29 is 18.0 Å². The summed E-state index contributed by atoms with van der Waals surface area (Å²) in [6, 6.07) is 8.15. The third kappa shape index (κ3) is 3.82. The van der Waals surface area contributed by atoms with Crippen LogP contribution in [-0.2, 0) is 11.3 Å². The second kappa shape index (κ2) is 7.79. The van der Waals surface area contributed by atoms with E-state index in [-0.39, 0.29) is 29.8 Å². The molecule has 3 aromatic rings. The smallest absolute Gasteiger partial charge is 0.225 e. The van der Waals surface area contributed by atoms with Crippen molar-refractivity contribution in [1.82, 2.24) is 10.3 Å². The molecular formula is C20H18F3N3OS. The van der Waals surface area contributed by atoms with Gasteiger partial charge in [-0.3, -0.25) is 4.79 Å². The van der Waals surface area contributed by atoms with Crippen LogP contribution in [0.4, 0.5) is 18.3 Å². The van der Waals surface area contributed by atoms with E-state index < -0.39 is 11.6 Å². The van der Waals surface area contributed by atoms with Gasteiger partial charge < -0.3 is 10.2 Å². The fourth-order valence-corrected chi connectivity index (χ4v) is 4.41. The number of anilines is 1. The van der Waals surface area contributed by atoms with Crippen molar-refractivity contribution in [2.45, 2.75) is 19.4 Å². The summed E-state index contributed by atoms with van der Waals surface area (Å²) in [6.07, 6.45) is 1.52. The summed E-state index contributed by atoms with van der Waals surface area (Å²) in [4.78, 5) is 18.9. The van der Waals surface area contributed by atoms with Gasteiger partial charge in [0.25, 0.3) is 0 Å². The van der Waals surface area contributed by atoms with Crippen molar-refractivity contribution in [3.05, 3.63) is 59.4 Å². The van der Waals surface area contributed by atoms with E-state index in [0.717, 1.165) is 23.7 Å². The number of fused-ring (bicyclic) bond motifs is 1. The molecule has 28 heavy (non-hydrogen) atoms. The molecule has 1 amide bonds. The van der Waals surface area contributed by atoms with Crippen molar-refractivity contribution >= 4 is 32.6 Å². The van der Waals surface area contributed by atoms with E-state index in [2.05, 4.69) is 10.3 Å². The summed E-state index contributed by atoms with van der Waals surface area (Å²) in [5.41, 5.74) is 0.588. The molecule has 2 heterocycles. The van der Waals surface area contributed by atoms with E-state index in [0.29, 0.717) is 23.6 Å². The highest BCUT2D eigenvalue weighted by Gasteiger charge is 2.27. The van der Waals surface area contributed by atoms with Crippen LogP contribution in [0, 0.1) is 23.4 Å². The van der Waals surface area contributed by atoms with Crippen LogP contribution >= 0.6 is 11.3 Å². The van der Waals surface area contributed by atoms with E-state index in [9.17, 15) is 18.0 Å². The van der Waals surface area contributed by atoms with E-state index in [1.54, 1.807) is 6.07 Å². The molecule has 1 aromatic heterocycles. The van der Waals surface area contributed by atoms with Gasteiger partial charge in [0.1, 0.15) is 23.0 Å². The predicted octanol–water partition coefficient (Wildman–Crippen LogP) is 4.25. The number of carbonyl (C=O) groups is 1. The highest BCUT2D eigenvalue weighted by molar-refractivity contribution is 7.22. The average Bonchev–Trinajstić information content (AvgIpc) is 3.13. The summed E-state index contributed by atoms with van der Waals surface area (Å²) in [5.74, 6) is -2.13. The lowest BCUT2D eigenvalue weighted by molar-refractivity contribution is -0.125. The van der Waals surface area contributed by atoms with Crippen molar-refractivity contribution in [1.29, 1.82) is 0 Å². The van der Waals surface area contributed by atoms with E-state index in [4.69, 9.17) is 0 Å². The molecule has 0 aliphatic carbocycles. The highest BCUT2D eigenvalue weighted by Crippen LogP contribution is 2.32. The molecule has 4 nitrogen and oxygen atoms in total. The molecule has 1 aliphatic rings. The molecule has 1 unspecified atom stereocenters. The first-order valence-electron chi connectivity index (χ1n) is 9.03. The minimum Gasteiger partial charge on any atom is -0.352 e. The number of amides is 1. The minimum absolute atomic E-state index is 0.00773. The Morgan fingerprint density at radius 1 is 1.21 bits per heavy atom. The number of carbonyl (C=O) groups excluding carboxylic acids is 1. The van der Waals surface area contributed by atoms with Crippen molar-refractivity contribution in [2.75, 3.05) is 18.0 Å². The van der Waals surface area contributed by atoms with Gasteiger partial charge in [-0.2, -0.15) is 0 Å². The maximum Gasteiger partial charge on any atom is 0.225 e. The Labute approximate surface area is 164 Å². The first kappa shape index (κ1) is 18.7. The lowest BCUT2D eigenvalue weighted by atomic mass is 9.97. The lowest BCUT2D eigenvalue weighted by Crippen LogP contribution is -2.43. The number of aromatic nitrogens is 1. The number of rotatable bonds is 4. The van der Waals surface area contributed by atoms with E-state index >= 15 is 0 Å². The number of nitrogens with one attached hydrogen (secondary N) is 1. The van der Waals surface area contributed by atoms with Crippen LogP contribution in [-0.4, -0.2) is 24.0 Å². The Hall–Kier alpha value is -2.61. The van der Waals surface area contributed by atoms with Crippen LogP contribution in [0.2, 0.25) is 0 Å². The monoisotopic (exact) mass is 405 g/mol. The quantitative estimate of drug-likeness (QED) is 0.706. The van der Waals surface area contributed by atoms with Gasteiger partial charge in [-0.1, -0.05) is 23.5 Å². The topological polar surface area (TPSA) is 45.2 Å². The Kier molecular flexibility index (Phi) is 5.21. The van der Waals surface area contributed by atoms with E-state index in [1.807, 2.05) is 11.0 Å². The Bertz CT molecular complexity index is 1020. The Morgan fingerprint density at radius 3 is 2.86 bits per heavy atom. The number of nitrogens with zero attached hydrogens (tertiary/aromatic N) is 2. The molecule has 0 spiro atoms. The summed E-state index contributed by atoms with van der Waals surface area (Å²) in [6.45, 7) is 1.23. The Morgan fingerprint density at radius 2 is 2.07 bits per heavy atom. The second-order valence-corrected chi connectivity index (χ2v) is 7.83. The SMILES string of the molecule is O=C(NCc1ccc(F)cc1F)C1CCCN(c2nc3c(F)cccc3s2)C1. The van der Waals surface area contributed by atoms with Gasteiger partial charge in [0, 0.05) is 31.3 Å². The first-order valence-corrected chi connectivity index (χ1v) is 9.84. The normalized spacial score (nSPS) is 17.1. The summed E-state index contributed by atoms with van der Waals surface area (Å²) in [5, 5.41) is 3.43. The number of hydrogen-bond donors (Lipinski definition) is 1. The number of thiazole rings is 1. The molecule has 8 heteroatoms. The standard InChI is InChI=1S/C20H18F3N3OS/c21-14-7-6-12(16(23)9-14)10-24-19(27)13-3-2-8-26(11-13)20-25-18-15(22)4-1-5-17(18)28-20/h1,4-7,9,13H,2-3,8,10-11H2,(H,24,27). The zero-order valence-corrected chi connectivity index (χ0v) is 15.7. The number of hydrogen-bond acceptors (Lipinski definition) is 4. The molecular weight excluding hydrogens is 387 g/mol. The summed E-state index contributed by atoms with van der Waals surface area (Å²) < 4.78 is 41.4. The average molecular weight is 405 g/mol. The number of halogens is 3. The van der Waals surface area contributed by atoms with Crippen molar-refractivity contribution in [3.63, 3.8) is 0 Å². The van der Waals surface area contributed by atoms with E-state index in [1.165, 1.54) is 29.5 Å². The summed E-state index contributed by atoms with van der Waals surface area (Å²) in [7, 11) is 0. The molecule has 1 saturated heterocycles. The molecule has 1 atom stereocenters. The molecule has 1 N–H and O–H groups in total. The minimum atomic E-state index is -0.679. The summed E-state index contributed by atoms with van der Waals surface area (Å²) >= 11 is 1.40. The maximum atomic E-state index is 13.9. The van der Waals surface area contributed by atoms with Crippen molar-refractivity contribution in [2.24, 2.45) is 5.92 Å². The van der Waals surface area contributed by atoms with Crippen LogP contribution in [0.3, 0.4) is 0 Å². The van der Waals surface area contributed by atoms with Gasteiger partial charge in [-0.15, -0.1) is 0 Å². The molecule has 146 valence electrons. The number of para-hydroxylation sites is 1. The molecule has 0 bridgehead atoms. The van der Waals surface area contributed by atoms with Gasteiger partial charge >= 0.3 is 0 Å². The van der Waals surface area contributed by atoms with Gasteiger partial charge in [0.2, 0.25) is 5.91 Å². The van der Waals surface area contributed by atoms with Gasteiger partial charge in [0.05, 0.1) is 10.6 Å². The molecule has 1 fully saturated rings. The van der Waals surface area contributed by atoms with Gasteiger partial charge in [-0.25, -0.2) is 18.2 Å². The fourth-order valence-electron chi connectivity index (χ4n) is 3.40. The van der Waals surface area contributed by atoms with Crippen LogP contribution in [0.15, 0.2) is 36.4 Å². The van der Waals surface area contributed by atoms with Gasteiger partial charge in [-0.05, 0) is 31.0 Å². The van der Waals surface area contributed by atoms with Crippen LogP contribution in [0.1, 0.15) is 18.4 Å². The molecule has 2 aromatic carbocycles. The van der Waals surface area contributed by atoms with Crippen LogP contribution in [0.25, 0.3) is 10.2 Å². The number of piperidine rings is 1. The van der Waals surface area contributed by atoms with Crippen LogP contribution in [0.5, 0.6) is 0 Å². The third-order valence-electron chi connectivity index (χ3n) is 4.89. The second-order valence-electron chi connectivity index (χ2n) is 6.82. The predicted molar refractivity (Wildman–Crippen MR) is 103 cm³/mol. The molecule has 1 aliphatic heterocycles. The number of benzene rings is 2. The fraction of sp³-hybridized carbons (Fsp3) is 0.300. The maximum absolute atomic E-state index is 13.9. The third-order valence-corrected chi connectivity index (χ3v) is 5.97. The van der Waals surface area contributed by atoms with Crippen LogP contribution < -0.4 is 10.2 Å². The molecule has 0 radical (unpaired) electrons.